The molecule has 0 unspecified atom stereocenters. The van der Waals surface area contributed by atoms with Crippen LogP contribution in [-0.4, -0.2) is 41.3 Å². The summed E-state index contributed by atoms with van der Waals surface area (Å²) in [5.41, 5.74) is 0.587. The molecule has 1 aromatic carbocycles. The van der Waals surface area contributed by atoms with Crippen LogP contribution >= 0.6 is 0 Å². The number of hydrogen-bond donors (Lipinski definition) is 1. The Kier molecular flexibility index (Phi) is 7.13. The Morgan fingerprint density at radius 1 is 1.32 bits per heavy atom. The maximum Gasteiger partial charge on any atom is 0.270 e. The number of rotatable bonds is 7. The molecule has 0 atom stereocenters. The zero-order chi connectivity index (χ0) is 18.1. The largest absolute Gasteiger partial charge is 0.352 e. The molecule has 0 spiro atoms. The molecule has 1 aromatic rings. The van der Waals surface area contributed by atoms with Crippen molar-refractivity contribution in [1.82, 2.24) is 10.2 Å². The number of benzene rings is 1. The molecule has 0 aliphatic carbocycles. The zero-order valence-electron chi connectivity index (χ0n) is 14.1. The number of amides is 2. The fraction of sp³-hybridized carbons (Fsp3) is 0.444. The topological polar surface area (TPSA) is 92.5 Å². The van der Waals surface area contributed by atoms with Crippen molar-refractivity contribution in [3.63, 3.8) is 0 Å². The molecule has 1 heterocycles. The van der Waals surface area contributed by atoms with Crippen molar-refractivity contribution in [2.45, 2.75) is 32.1 Å². The van der Waals surface area contributed by atoms with Gasteiger partial charge in [0.05, 0.1) is 4.92 Å². The van der Waals surface area contributed by atoms with E-state index in [1.807, 2.05) is 4.90 Å². The number of carbonyl (C=O) groups is 2. The van der Waals surface area contributed by atoms with E-state index >= 15 is 0 Å². The lowest BCUT2D eigenvalue weighted by Crippen LogP contribution is -2.33. The summed E-state index contributed by atoms with van der Waals surface area (Å²) in [6, 6.07) is 6.09. The molecular weight excluding hydrogens is 322 g/mol. The van der Waals surface area contributed by atoms with Gasteiger partial charge in [-0.05, 0) is 30.9 Å². The first kappa shape index (κ1) is 18.6. The fourth-order valence-electron chi connectivity index (χ4n) is 2.73. The molecule has 1 N–H and O–H groups in total. The van der Waals surface area contributed by atoms with Gasteiger partial charge >= 0.3 is 0 Å². The number of carbonyl (C=O) groups excluding carboxylic acids is 2. The SMILES string of the molecule is O=C(/C=C/c1cccc([N+](=O)[O-])c1)NCCCN1CCCCCC1=O. The van der Waals surface area contributed by atoms with Crippen LogP contribution in [0.4, 0.5) is 5.69 Å². The van der Waals surface area contributed by atoms with E-state index in [1.165, 1.54) is 18.2 Å². The highest BCUT2D eigenvalue weighted by atomic mass is 16.6. The first-order valence-corrected chi connectivity index (χ1v) is 8.54. The minimum Gasteiger partial charge on any atom is -0.352 e. The van der Waals surface area contributed by atoms with Gasteiger partial charge in [0.2, 0.25) is 11.8 Å². The van der Waals surface area contributed by atoms with Crippen molar-refractivity contribution >= 4 is 23.6 Å². The van der Waals surface area contributed by atoms with Crippen LogP contribution in [-0.2, 0) is 9.59 Å². The van der Waals surface area contributed by atoms with Crippen LogP contribution in [0.1, 0.15) is 37.7 Å². The minimum absolute atomic E-state index is 0.00956. The van der Waals surface area contributed by atoms with Gasteiger partial charge in [0.1, 0.15) is 0 Å². The Morgan fingerprint density at radius 3 is 2.96 bits per heavy atom. The summed E-state index contributed by atoms with van der Waals surface area (Å²) in [6.07, 6.45) is 7.34. The lowest BCUT2D eigenvalue weighted by molar-refractivity contribution is -0.384. The monoisotopic (exact) mass is 345 g/mol. The van der Waals surface area contributed by atoms with Gasteiger partial charge < -0.3 is 10.2 Å². The quantitative estimate of drug-likeness (QED) is 0.356. The van der Waals surface area contributed by atoms with E-state index in [2.05, 4.69) is 5.32 Å². The predicted molar refractivity (Wildman–Crippen MR) is 94.8 cm³/mol. The number of nitro groups is 1. The fourth-order valence-corrected chi connectivity index (χ4v) is 2.73. The lowest BCUT2D eigenvalue weighted by atomic mass is 10.2. The van der Waals surface area contributed by atoms with Crippen LogP contribution in [0.15, 0.2) is 30.3 Å². The van der Waals surface area contributed by atoms with Gasteiger partial charge in [-0.2, -0.15) is 0 Å². The van der Waals surface area contributed by atoms with E-state index in [0.29, 0.717) is 31.5 Å². The van der Waals surface area contributed by atoms with Crippen LogP contribution < -0.4 is 5.32 Å². The van der Waals surface area contributed by atoms with E-state index in [4.69, 9.17) is 0 Å². The van der Waals surface area contributed by atoms with Crippen LogP contribution in [0.5, 0.6) is 0 Å². The molecule has 25 heavy (non-hydrogen) atoms. The lowest BCUT2D eigenvalue weighted by Gasteiger charge is -2.20. The number of likely N-dealkylation sites (tertiary alicyclic amines) is 1. The molecule has 134 valence electrons. The van der Waals surface area contributed by atoms with Crippen molar-refractivity contribution in [2.75, 3.05) is 19.6 Å². The molecule has 1 fully saturated rings. The highest BCUT2D eigenvalue weighted by Gasteiger charge is 2.15. The van der Waals surface area contributed by atoms with Crippen molar-refractivity contribution in [3.05, 3.63) is 46.0 Å². The van der Waals surface area contributed by atoms with Crippen molar-refractivity contribution in [3.8, 4) is 0 Å². The smallest absolute Gasteiger partial charge is 0.270 e. The number of hydrogen-bond acceptors (Lipinski definition) is 4. The van der Waals surface area contributed by atoms with E-state index in [1.54, 1.807) is 18.2 Å². The van der Waals surface area contributed by atoms with Crippen LogP contribution in [0, 0.1) is 10.1 Å². The molecule has 0 saturated carbocycles. The van der Waals surface area contributed by atoms with E-state index in [9.17, 15) is 19.7 Å². The maximum atomic E-state index is 11.9. The Balaban J connectivity index is 1.72. The molecule has 0 aromatic heterocycles. The number of non-ortho nitro benzene ring substituents is 1. The molecule has 0 bridgehead atoms. The highest BCUT2D eigenvalue weighted by molar-refractivity contribution is 5.91. The standard InChI is InChI=1S/C18H23N3O4/c22-17(10-9-15-6-4-7-16(14-15)21(24)25)19-11-5-13-20-12-3-1-2-8-18(20)23/h4,6-7,9-10,14H,1-3,5,8,11-13H2,(H,19,22)/b10-9+. The van der Waals surface area contributed by atoms with E-state index in [0.717, 1.165) is 25.8 Å². The second-order valence-corrected chi connectivity index (χ2v) is 6.02. The highest BCUT2D eigenvalue weighted by Crippen LogP contribution is 2.14. The van der Waals surface area contributed by atoms with Crippen LogP contribution in [0.25, 0.3) is 6.08 Å². The van der Waals surface area contributed by atoms with Crippen LogP contribution in [0.2, 0.25) is 0 Å². The molecule has 2 amide bonds. The van der Waals surface area contributed by atoms with Crippen molar-refractivity contribution in [1.29, 1.82) is 0 Å². The summed E-state index contributed by atoms with van der Waals surface area (Å²) in [5, 5.41) is 13.5. The number of nitro benzene ring substituents is 1. The Morgan fingerprint density at radius 2 is 2.16 bits per heavy atom. The summed E-state index contributed by atoms with van der Waals surface area (Å²) < 4.78 is 0. The van der Waals surface area contributed by atoms with Gasteiger partial charge in [0.25, 0.3) is 5.69 Å². The van der Waals surface area contributed by atoms with Gasteiger partial charge in [0.15, 0.2) is 0 Å². The molecule has 1 saturated heterocycles. The number of nitrogens with one attached hydrogen (secondary N) is 1. The molecule has 0 radical (unpaired) electrons. The molecule has 7 nitrogen and oxygen atoms in total. The van der Waals surface area contributed by atoms with E-state index < -0.39 is 4.92 Å². The first-order chi connectivity index (χ1) is 12.1. The average molecular weight is 345 g/mol. The molecule has 1 aliphatic rings. The van der Waals surface area contributed by atoms with Gasteiger partial charge in [-0.15, -0.1) is 0 Å². The number of nitrogens with zero attached hydrogens (tertiary/aromatic N) is 2. The van der Waals surface area contributed by atoms with Gasteiger partial charge in [-0.3, -0.25) is 19.7 Å². The zero-order valence-corrected chi connectivity index (χ0v) is 14.1. The molecule has 7 heteroatoms. The summed E-state index contributed by atoms with van der Waals surface area (Å²) in [7, 11) is 0. The summed E-state index contributed by atoms with van der Waals surface area (Å²) >= 11 is 0. The van der Waals surface area contributed by atoms with Gasteiger partial charge in [-0.1, -0.05) is 18.6 Å². The first-order valence-electron chi connectivity index (χ1n) is 8.54. The average Bonchev–Trinajstić information content (AvgIpc) is 2.81. The third-order valence-electron chi connectivity index (χ3n) is 4.08. The van der Waals surface area contributed by atoms with Crippen LogP contribution in [0.3, 0.4) is 0 Å². The third-order valence-corrected chi connectivity index (χ3v) is 4.08. The van der Waals surface area contributed by atoms with Gasteiger partial charge in [-0.25, -0.2) is 0 Å². The minimum atomic E-state index is -0.471. The Hall–Kier alpha value is -2.70. The van der Waals surface area contributed by atoms with Crippen molar-refractivity contribution < 1.29 is 14.5 Å². The second-order valence-electron chi connectivity index (χ2n) is 6.02. The second kappa shape index (κ2) is 9.56. The van der Waals surface area contributed by atoms with Crippen molar-refractivity contribution in [2.24, 2.45) is 0 Å². The Bertz CT molecular complexity index is 657. The van der Waals surface area contributed by atoms with E-state index in [-0.39, 0.29) is 17.5 Å². The third kappa shape index (κ3) is 6.37. The molecular formula is C18H23N3O4. The molecule has 1 aliphatic heterocycles. The predicted octanol–water partition coefficient (Wildman–Crippen LogP) is 2.52. The summed E-state index contributed by atoms with van der Waals surface area (Å²) in [4.78, 5) is 35.8. The molecule has 2 rings (SSSR count). The summed E-state index contributed by atoms with van der Waals surface area (Å²) in [5.74, 6) is -0.0527. The van der Waals surface area contributed by atoms with Gasteiger partial charge in [0, 0.05) is 44.3 Å². The normalized spacial score (nSPS) is 15.2. The Labute approximate surface area is 146 Å². The maximum absolute atomic E-state index is 11.9. The summed E-state index contributed by atoms with van der Waals surface area (Å²) in [6.45, 7) is 1.95.